The van der Waals surface area contributed by atoms with E-state index in [2.05, 4.69) is 4.90 Å². The smallest absolute Gasteiger partial charge is 0.241 e. The molecule has 3 aliphatic rings. The van der Waals surface area contributed by atoms with Crippen LogP contribution in [0.3, 0.4) is 0 Å². The zero-order valence-electron chi connectivity index (χ0n) is 14.8. The molecule has 0 aromatic heterocycles. The van der Waals surface area contributed by atoms with Crippen LogP contribution in [0.5, 0.6) is 0 Å². The van der Waals surface area contributed by atoms with E-state index < -0.39 is 9.84 Å². The Hall–Kier alpha value is -1.11. The number of benzene rings is 1. The highest BCUT2D eigenvalue weighted by molar-refractivity contribution is 7.91. The third-order valence-electron chi connectivity index (χ3n) is 6.02. The van der Waals surface area contributed by atoms with Crippen molar-refractivity contribution >= 4 is 33.0 Å². The minimum atomic E-state index is -3.15. The van der Waals surface area contributed by atoms with Crippen LogP contribution in [0.1, 0.15) is 38.5 Å². The fourth-order valence-corrected chi connectivity index (χ4v) is 7.01. The van der Waals surface area contributed by atoms with Crippen LogP contribution in [-0.2, 0) is 14.6 Å². The fraction of sp³-hybridized carbons (Fsp3) is 0.632. The second-order valence-electron chi connectivity index (χ2n) is 7.77. The Bertz CT molecular complexity index is 790. The number of anilines is 1. The molecule has 7 heteroatoms. The van der Waals surface area contributed by atoms with Gasteiger partial charge < -0.3 is 4.90 Å². The molecular formula is C19H25ClN2O3S. The van der Waals surface area contributed by atoms with Crippen LogP contribution in [0.4, 0.5) is 5.69 Å². The summed E-state index contributed by atoms with van der Waals surface area (Å²) in [6.45, 7) is 0.299. The topological polar surface area (TPSA) is 57.7 Å². The summed E-state index contributed by atoms with van der Waals surface area (Å²) in [4.78, 5) is 16.9. The predicted octanol–water partition coefficient (Wildman–Crippen LogP) is 2.88. The standard InChI is InChI=1S/C19H25ClN2O3S/c20-14-6-5-9-16(10-14)22-18-13-26(24,25)12-17(18)21(11-19(22)23)15-7-3-1-2-4-8-15/h5-6,9-10,15,17-18H,1-4,7-8,11-13H2/t17-,18+/m0/s1. The zero-order chi connectivity index (χ0) is 18.3. The summed E-state index contributed by atoms with van der Waals surface area (Å²) in [6, 6.07) is 7.06. The van der Waals surface area contributed by atoms with Crippen LogP contribution in [-0.4, -0.2) is 55.4 Å². The molecule has 1 aliphatic carbocycles. The molecule has 1 amide bonds. The van der Waals surface area contributed by atoms with Gasteiger partial charge in [-0.25, -0.2) is 8.42 Å². The van der Waals surface area contributed by atoms with E-state index in [-0.39, 0.29) is 29.5 Å². The number of piperazine rings is 1. The maximum Gasteiger partial charge on any atom is 0.241 e. The fourth-order valence-electron chi connectivity index (χ4n) is 4.86. The maximum atomic E-state index is 13.0. The Kier molecular flexibility index (Phi) is 5.01. The van der Waals surface area contributed by atoms with Gasteiger partial charge >= 0.3 is 0 Å². The highest BCUT2D eigenvalue weighted by Gasteiger charge is 2.51. The summed E-state index contributed by atoms with van der Waals surface area (Å²) in [5, 5.41) is 0.555. The molecule has 0 radical (unpaired) electrons. The first-order chi connectivity index (χ1) is 12.4. The Labute approximate surface area is 160 Å². The second kappa shape index (κ2) is 7.13. The molecule has 26 heavy (non-hydrogen) atoms. The van der Waals surface area contributed by atoms with E-state index >= 15 is 0 Å². The molecule has 2 aliphatic heterocycles. The Balaban J connectivity index is 1.68. The lowest BCUT2D eigenvalue weighted by Crippen LogP contribution is -2.64. The van der Waals surface area contributed by atoms with Crippen molar-refractivity contribution < 1.29 is 13.2 Å². The Morgan fingerprint density at radius 3 is 2.38 bits per heavy atom. The van der Waals surface area contributed by atoms with Gasteiger partial charge in [-0.2, -0.15) is 0 Å². The molecule has 1 aromatic carbocycles. The first kappa shape index (κ1) is 18.3. The zero-order valence-corrected chi connectivity index (χ0v) is 16.4. The SMILES string of the molecule is O=C1CN(C2CCCCCC2)[C@H]2CS(=O)(=O)C[C@H]2N1c1cccc(Cl)c1. The molecule has 5 nitrogen and oxygen atoms in total. The summed E-state index contributed by atoms with van der Waals surface area (Å²) >= 11 is 6.11. The van der Waals surface area contributed by atoms with Crippen molar-refractivity contribution in [3.63, 3.8) is 0 Å². The van der Waals surface area contributed by atoms with Crippen LogP contribution in [0.2, 0.25) is 5.02 Å². The van der Waals surface area contributed by atoms with E-state index in [9.17, 15) is 13.2 Å². The van der Waals surface area contributed by atoms with Crippen molar-refractivity contribution in [3.05, 3.63) is 29.3 Å². The molecule has 2 heterocycles. The summed E-state index contributed by atoms with van der Waals surface area (Å²) in [6.07, 6.45) is 6.93. The normalized spacial score (nSPS) is 30.2. The average Bonchev–Trinajstić information content (AvgIpc) is 2.75. The molecule has 142 valence electrons. The van der Waals surface area contributed by atoms with Crippen molar-refractivity contribution in [1.82, 2.24) is 4.90 Å². The number of hydrogen-bond donors (Lipinski definition) is 0. The molecule has 0 unspecified atom stereocenters. The van der Waals surface area contributed by atoms with E-state index in [0.29, 0.717) is 23.3 Å². The molecule has 1 saturated carbocycles. The van der Waals surface area contributed by atoms with E-state index in [0.717, 1.165) is 25.7 Å². The van der Waals surface area contributed by atoms with Gasteiger partial charge in [0.05, 0.1) is 24.1 Å². The van der Waals surface area contributed by atoms with Crippen molar-refractivity contribution in [1.29, 1.82) is 0 Å². The van der Waals surface area contributed by atoms with Crippen molar-refractivity contribution in [3.8, 4) is 0 Å². The van der Waals surface area contributed by atoms with Gasteiger partial charge in [0.2, 0.25) is 5.91 Å². The Morgan fingerprint density at radius 2 is 1.69 bits per heavy atom. The molecule has 2 atom stereocenters. The van der Waals surface area contributed by atoms with E-state index in [1.165, 1.54) is 12.8 Å². The van der Waals surface area contributed by atoms with E-state index in [4.69, 9.17) is 11.6 Å². The molecule has 1 aromatic rings. The van der Waals surface area contributed by atoms with Gasteiger partial charge in [-0.15, -0.1) is 0 Å². The first-order valence-corrected chi connectivity index (χ1v) is 11.7. The van der Waals surface area contributed by atoms with Crippen LogP contribution in [0.25, 0.3) is 0 Å². The largest absolute Gasteiger partial charge is 0.306 e. The highest BCUT2D eigenvalue weighted by atomic mass is 35.5. The summed E-state index contributed by atoms with van der Waals surface area (Å²) in [5.74, 6) is 0.173. The summed E-state index contributed by atoms with van der Waals surface area (Å²) in [5.41, 5.74) is 0.704. The number of fused-ring (bicyclic) bond motifs is 1. The molecule has 0 N–H and O–H groups in total. The number of nitrogens with zero attached hydrogens (tertiary/aromatic N) is 2. The Morgan fingerprint density at radius 1 is 1.00 bits per heavy atom. The van der Waals surface area contributed by atoms with Gasteiger partial charge in [0, 0.05) is 22.8 Å². The van der Waals surface area contributed by atoms with Crippen LogP contribution in [0, 0.1) is 0 Å². The average molecular weight is 397 g/mol. The van der Waals surface area contributed by atoms with Gasteiger partial charge in [-0.1, -0.05) is 43.4 Å². The molecule has 2 saturated heterocycles. The summed E-state index contributed by atoms with van der Waals surface area (Å²) in [7, 11) is -3.15. The van der Waals surface area contributed by atoms with Crippen molar-refractivity contribution in [2.45, 2.75) is 56.7 Å². The van der Waals surface area contributed by atoms with Crippen molar-refractivity contribution in [2.24, 2.45) is 0 Å². The van der Waals surface area contributed by atoms with E-state index in [1.807, 2.05) is 6.07 Å². The number of carbonyl (C=O) groups is 1. The number of sulfone groups is 1. The van der Waals surface area contributed by atoms with Gasteiger partial charge in [0.25, 0.3) is 0 Å². The number of rotatable bonds is 2. The molecular weight excluding hydrogens is 372 g/mol. The lowest BCUT2D eigenvalue weighted by Gasteiger charge is -2.46. The quantitative estimate of drug-likeness (QED) is 0.721. The molecule has 3 fully saturated rings. The third-order valence-corrected chi connectivity index (χ3v) is 7.95. The lowest BCUT2D eigenvalue weighted by atomic mass is 9.97. The van der Waals surface area contributed by atoms with Crippen molar-refractivity contribution in [2.75, 3.05) is 23.0 Å². The van der Waals surface area contributed by atoms with Gasteiger partial charge in [0.15, 0.2) is 9.84 Å². The van der Waals surface area contributed by atoms with Gasteiger partial charge in [-0.05, 0) is 31.0 Å². The molecule has 0 spiro atoms. The molecule has 0 bridgehead atoms. The van der Waals surface area contributed by atoms with E-state index in [1.54, 1.807) is 23.1 Å². The third kappa shape index (κ3) is 3.51. The molecule has 4 rings (SSSR count). The highest BCUT2D eigenvalue weighted by Crippen LogP contribution is 2.35. The monoisotopic (exact) mass is 396 g/mol. The predicted molar refractivity (Wildman–Crippen MR) is 103 cm³/mol. The van der Waals surface area contributed by atoms with Crippen LogP contribution in [0.15, 0.2) is 24.3 Å². The number of halogens is 1. The number of carbonyl (C=O) groups excluding carboxylic acids is 1. The second-order valence-corrected chi connectivity index (χ2v) is 10.4. The minimum absolute atomic E-state index is 0.0186. The first-order valence-electron chi connectivity index (χ1n) is 9.48. The number of amides is 1. The summed E-state index contributed by atoms with van der Waals surface area (Å²) < 4.78 is 24.9. The minimum Gasteiger partial charge on any atom is -0.306 e. The number of hydrogen-bond acceptors (Lipinski definition) is 4. The van der Waals surface area contributed by atoms with Crippen LogP contribution < -0.4 is 4.90 Å². The van der Waals surface area contributed by atoms with Gasteiger partial charge in [0.1, 0.15) is 0 Å². The lowest BCUT2D eigenvalue weighted by molar-refractivity contribution is -0.124. The van der Waals surface area contributed by atoms with Gasteiger partial charge in [-0.3, -0.25) is 9.69 Å². The maximum absolute atomic E-state index is 13.0. The van der Waals surface area contributed by atoms with Crippen LogP contribution >= 0.6 is 11.6 Å².